The Morgan fingerprint density at radius 1 is 1.27 bits per heavy atom. The summed E-state index contributed by atoms with van der Waals surface area (Å²) < 4.78 is 14.2. The largest absolute Gasteiger partial charge is 0.483 e. The predicted octanol–water partition coefficient (Wildman–Crippen LogP) is -0.414. The summed E-state index contributed by atoms with van der Waals surface area (Å²) in [5.41, 5.74) is 5.74. The van der Waals surface area contributed by atoms with Gasteiger partial charge in [0.2, 0.25) is 0 Å². The molecule has 0 radical (unpaired) electrons. The zero-order valence-electron chi connectivity index (χ0n) is 10.2. The van der Waals surface area contributed by atoms with Crippen molar-refractivity contribution in [2.75, 3.05) is 34.4 Å². The molecule has 0 bridgehead atoms. The first-order chi connectivity index (χ1) is 7.19. The lowest BCUT2D eigenvalue weighted by Gasteiger charge is -2.31. The minimum absolute atomic E-state index is 0.441. The van der Waals surface area contributed by atoms with Crippen LogP contribution in [0.3, 0.4) is 0 Å². The van der Waals surface area contributed by atoms with Crippen LogP contribution in [-0.2, 0) is 13.3 Å². The third-order valence-electron chi connectivity index (χ3n) is 2.47. The lowest BCUT2D eigenvalue weighted by Crippen LogP contribution is -2.51. The molecule has 5 nitrogen and oxygen atoms in total. The van der Waals surface area contributed by atoms with E-state index in [-0.39, 0.29) is 0 Å². The second-order valence-electron chi connectivity index (χ2n) is 3.49. The maximum Gasteiger partial charge on any atom is 0.483 e. The molecule has 15 heavy (non-hydrogen) atoms. The molecule has 0 saturated carbocycles. The van der Waals surface area contributed by atoms with Gasteiger partial charge in [0.05, 0.1) is 0 Å². The smallest absolute Gasteiger partial charge is 0.379 e. The van der Waals surface area contributed by atoms with Crippen molar-refractivity contribution in [2.24, 2.45) is 11.7 Å². The Bertz CT molecular complexity index is 135. The first-order valence-electron chi connectivity index (χ1n) is 5.24. The van der Waals surface area contributed by atoms with Crippen LogP contribution in [0, 0.1) is 5.92 Å². The van der Waals surface area contributed by atoms with E-state index in [9.17, 15) is 0 Å². The molecule has 92 valence electrons. The van der Waals surface area contributed by atoms with E-state index in [0.717, 1.165) is 25.4 Å². The van der Waals surface area contributed by atoms with Crippen LogP contribution in [0.1, 0.15) is 13.3 Å². The topological polar surface area (TPSA) is 65.7 Å². The fraction of sp³-hybridized carbons (Fsp3) is 1.00. The molecule has 0 spiro atoms. The molecule has 1 aliphatic heterocycles. The van der Waals surface area contributed by atoms with Crippen molar-refractivity contribution in [1.29, 1.82) is 0 Å². The summed E-state index contributed by atoms with van der Waals surface area (Å²) in [7, 11) is 3.05. The minimum atomic E-state index is -1.67. The van der Waals surface area contributed by atoms with Crippen LogP contribution in [0.2, 0.25) is 0 Å². The molecular weight excluding hydrogens is 212 g/mol. The van der Waals surface area contributed by atoms with Gasteiger partial charge < -0.3 is 24.3 Å². The number of hydrogen-bond acceptors (Lipinski definition) is 5. The van der Waals surface area contributed by atoms with Gasteiger partial charge in [0, 0.05) is 40.5 Å². The van der Waals surface area contributed by atoms with Gasteiger partial charge in [0.25, 0.3) is 0 Å². The first-order valence-corrected chi connectivity index (χ1v) is 6.65. The molecule has 6 heteroatoms. The van der Waals surface area contributed by atoms with Gasteiger partial charge in [0.15, 0.2) is 0 Å². The van der Waals surface area contributed by atoms with E-state index in [0.29, 0.717) is 6.04 Å². The quantitative estimate of drug-likeness (QED) is 0.635. The average Bonchev–Trinajstić information content (AvgIpc) is 2.19. The summed E-state index contributed by atoms with van der Waals surface area (Å²) in [4.78, 5) is 0. The van der Waals surface area contributed by atoms with E-state index in [2.05, 4.69) is 12.2 Å². The van der Waals surface area contributed by atoms with E-state index < -0.39 is 9.53 Å². The monoisotopic (exact) mass is 236 g/mol. The van der Waals surface area contributed by atoms with Gasteiger partial charge in [-0.15, -0.1) is 0 Å². The minimum Gasteiger partial charge on any atom is -0.379 e. The molecule has 1 unspecified atom stereocenters. The van der Waals surface area contributed by atoms with Gasteiger partial charge >= 0.3 is 9.53 Å². The van der Waals surface area contributed by atoms with Crippen LogP contribution in [0.5, 0.6) is 0 Å². The fourth-order valence-corrected chi connectivity index (χ4v) is 1.81. The molecule has 1 aliphatic rings. The molecule has 0 aromatic rings. The molecule has 0 aromatic carbocycles. The fourth-order valence-electron chi connectivity index (χ4n) is 1.24. The summed E-state index contributed by atoms with van der Waals surface area (Å²) in [5, 5.41) is 3.20. The lowest BCUT2D eigenvalue weighted by atomic mass is 9.93. The summed E-state index contributed by atoms with van der Waals surface area (Å²) in [6.07, 6.45) is 1.12. The molecule has 0 amide bonds. The van der Waals surface area contributed by atoms with Crippen molar-refractivity contribution in [1.82, 2.24) is 5.32 Å². The van der Waals surface area contributed by atoms with Gasteiger partial charge in [-0.3, -0.25) is 0 Å². The van der Waals surface area contributed by atoms with E-state index in [1.165, 1.54) is 0 Å². The Labute approximate surface area is 94.2 Å². The molecule has 1 atom stereocenters. The zero-order valence-corrected chi connectivity index (χ0v) is 11.3. The van der Waals surface area contributed by atoms with Gasteiger partial charge in [-0.1, -0.05) is 6.92 Å². The second kappa shape index (κ2) is 9.26. The van der Waals surface area contributed by atoms with E-state index in [1.54, 1.807) is 21.3 Å². The summed E-state index contributed by atoms with van der Waals surface area (Å²) >= 11 is 0. The van der Waals surface area contributed by atoms with Crippen molar-refractivity contribution in [3.05, 3.63) is 0 Å². The maximum atomic E-state index is 5.74. The maximum absolute atomic E-state index is 5.74. The Hall–Kier alpha value is 0.0169. The Morgan fingerprint density at radius 3 is 1.80 bits per heavy atom. The average molecular weight is 236 g/mol. The molecule has 1 rings (SSSR count). The van der Waals surface area contributed by atoms with Gasteiger partial charge in [-0.05, 0) is 12.3 Å². The number of nitrogens with one attached hydrogen (secondary N) is 1. The Morgan fingerprint density at radius 2 is 1.73 bits per heavy atom. The van der Waals surface area contributed by atoms with E-state index in [4.69, 9.17) is 19.0 Å². The molecule has 0 aromatic heterocycles. The van der Waals surface area contributed by atoms with Crippen molar-refractivity contribution >= 4 is 9.53 Å². The van der Waals surface area contributed by atoms with Crippen molar-refractivity contribution in [3.63, 3.8) is 0 Å². The molecule has 1 fully saturated rings. The molecule has 1 saturated heterocycles. The Balaban J connectivity index is 0.000000265. The SMILES string of the molecule is CCC(N)C1CNC1.CO[SiH](OC)OC. The molecule has 0 aliphatic carbocycles. The normalized spacial score (nSPS) is 18.0. The van der Waals surface area contributed by atoms with Crippen LogP contribution in [0.25, 0.3) is 0 Å². The molecule has 1 heterocycles. The van der Waals surface area contributed by atoms with Crippen molar-refractivity contribution < 1.29 is 13.3 Å². The highest BCUT2D eigenvalue weighted by molar-refractivity contribution is 6.36. The van der Waals surface area contributed by atoms with Crippen LogP contribution < -0.4 is 11.1 Å². The van der Waals surface area contributed by atoms with Gasteiger partial charge in [0.1, 0.15) is 0 Å². The highest BCUT2D eigenvalue weighted by atomic mass is 28.3. The van der Waals surface area contributed by atoms with Crippen LogP contribution in [-0.4, -0.2) is 50.0 Å². The van der Waals surface area contributed by atoms with E-state index in [1.807, 2.05) is 0 Å². The summed E-state index contributed by atoms with van der Waals surface area (Å²) in [5.74, 6) is 0.764. The summed E-state index contributed by atoms with van der Waals surface area (Å²) in [6.45, 7) is 4.41. The number of rotatable bonds is 5. The first kappa shape index (κ1) is 15.0. The van der Waals surface area contributed by atoms with Crippen LogP contribution in [0.4, 0.5) is 0 Å². The van der Waals surface area contributed by atoms with Gasteiger partial charge in [-0.2, -0.15) is 0 Å². The number of hydrogen-bond donors (Lipinski definition) is 2. The standard InChI is InChI=1S/C6H14N2.C3H10O3Si/c1-2-6(7)5-3-8-4-5;1-4-7(5-2)6-3/h5-6,8H,2-4,7H2,1H3;7H,1-3H3. The van der Waals surface area contributed by atoms with E-state index >= 15 is 0 Å². The zero-order chi connectivity index (χ0) is 11.7. The van der Waals surface area contributed by atoms with Crippen molar-refractivity contribution in [2.45, 2.75) is 19.4 Å². The van der Waals surface area contributed by atoms with Crippen LogP contribution >= 0.6 is 0 Å². The van der Waals surface area contributed by atoms with Crippen LogP contribution in [0.15, 0.2) is 0 Å². The molecular formula is C9H24N2O3Si. The summed E-state index contributed by atoms with van der Waals surface area (Å²) in [6, 6.07) is 0.441. The van der Waals surface area contributed by atoms with Crippen molar-refractivity contribution in [3.8, 4) is 0 Å². The lowest BCUT2D eigenvalue weighted by molar-refractivity contribution is 0.163. The van der Waals surface area contributed by atoms with Gasteiger partial charge in [-0.25, -0.2) is 0 Å². The highest BCUT2D eigenvalue weighted by Gasteiger charge is 2.21. The predicted molar refractivity (Wildman–Crippen MR) is 62.8 cm³/mol. The molecule has 3 N–H and O–H groups in total. The third-order valence-corrected chi connectivity index (χ3v) is 3.62. The highest BCUT2D eigenvalue weighted by Crippen LogP contribution is 2.08. The Kier molecular flexibility index (Phi) is 9.27. The number of nitrogens with two attached hydrogens (primary N) is 1. The third kappa shape index (κ3) is 6.24. The second-order valence-corrected chi connectivity index (χ2v) is 5.48.